The molecule has 4 rings (SSSR count). The molecule has 0 bridgehead atoms. The summed E-state index contributed by atoms with van der Waals surface area (Å²) in [6.45, 7) is 4.47. The minimum Gasteiger partial charge on any atom is -0.340 e. The molecule has 2 amide bonds. The van der Waals surface area contributed by atoms with E-state index in [0.717, 1.165) is 24.6 Å². The van der Waals surface area contributed by atoms with Crippen LogP contribution in [0.2, 0.25) is 5.02 Å². The Bertz CT molecular complexity index is 1370. The number of likely N-dealkylation sites (tertiary alicyclic amines) is 1. The molecule has 1 heterocycles. The van der Waals surface area contributed by atoms with Crippen LogP contribution >= 0.6 is 11.6 Å². The maximum atomic E-state index is 13.5. The van der Waals surface area contributed by atoms with Crippen LogP contribution in [0.15, 0.2) is 53.4 Å². The third kappa shape index (κ3) is 7.24. The van der Waals surface area contributed by atoms with Crippen LogP contribution < -0.4 is 5.32 Å². The fraction of sp³-hybridized carbons (Fsp3) is 0.517. The first kappa shape index (κ1) is 31.3. The smallest absolute Gasteiger partial charge is 0.340 e. The Labute approximate surface area is 243 Å². The van der Waals surface area contributed by atoms with Gasteiger partial charge < -0.3 is 15.1 Å². The Balaban J connectivity index is 1.52. The third-order valence-corrected chi connectivity index (χ3v) is 10.4. The summed E-state index contributed by atoms with van der Waals surface area (Å²) < 4.78 is 66.2. The SMILES string of the molecule is CC(C)N(C)[C@@H]1CC[C@H](N2CC[C@H](NC(=O)c3cccc(C(F)(F)F)c3)C2=O)[C@H](CS(=O)(=O)c2ccc(Cl)cc2)C1. The number of alkyl halides is 3. The van der Waals surface area contributed by atoms with Crippen LogP contribution in [-0.2, 0) is 20.8 Å². The molecule has 0 unspecified atom stereocenters. The van der Waals surface area contributed by atoms with E-state index < -0.39 is 33.5 Å². The van der Waals surface area contributed by atoms with Gasteiger partial charge in [-0.2, -0.15) is 13.2 Å². The highest BCUT2D eigenvalue weighted by atomic mass is 35.5. The maximum Gasteiger partial charge on any atom is 0.416 e. The lowest BCUT2D eigenvalue weighted by Crippen LogP contribution is -2.53. The third-order valence-electron chi connectivity index (χ3n) is 8.31. The summed E-state index contributed by atoms with van der Waals surface area (Å²) >= 11 is 5.95. The second-order valence-corrected chi connectivity index (χ2v) is 13.7. The van der Waals surface area contributed by atoms with Gasteiger partial charge in [-0.3, -0.25) is 9.59 Å². The van der Waals surface area contributed by atoms with Crippen LogP contribution in [0.25, 0.3) is 0 Å². The number of halogens is 4. The molecule has 1 aliphatic heterocycles. The Morgan fingerprint density at radius 3 is 2.44 bits per heavy atom. The number of nitrogens with one attached hydrogen (secondary N) is 1. The molecule has 1 N–H and O–H groups in total. The molecular weight excluding hydrogens is 579 g/mol. The number of nitrogens with zero attached hydrogens (tertiary/aromatic N) is 2. The van der Waals surface area contributed by atoms with E-state index in [0.29, 0.717) is 24.4 Å². The van der Waals surface area contributed by atoms with Gasteiger partial charge in [0, 0.05) is 35.3 Å². The van der Waals surface area contributed by atoms with Gasteiger partial charge in [0.15, 0.2) is 9.84 Å². The monoisotopic (exact) mass is 613 g/mol. The summed E-state index contributed by atoms with van der Waals surface area (Å²) in [7, 11) is -1.67. The normalized spacial score (nSPS) is 23.8. The number of carbonyl (C=O) groups excluding carboxylic acids is 2. The fourth-order valence-corrected chi connectivity index (χ4v) is 7.66. The molecule has 2 aromatic rings. The van der Waals surface area contributed by atoms with Crippen molar-refractivity contribution in [1.82, 2.24) is 15.1 Å². The highest BCUT2D eigenvalue weighted by Gasteiger charge is 2.44. The van der Waals surface area contributed by atoms with Crippen LogP contribution in [0.5, 0.6) is 0 Å². The van der Waals surface area contributed by atoms with Gasteiger partial charge in [0.05, 0.1) is 16.2 Å². The van der Waals surface area contributed by atoms with Gasteiger partial charge in [0.2, 0.25) is 5.91 Å². The molecule has 1 saturated carbocycles. The average molecular weight is 614 g/mol. The van der Waals surface area contributed by atoms with Gasteiger partial charge in [0.25, 0.3) is 5.91 Å². The average Bonchev–Trinajstić information content (AvgIpc) is 3.27. The lowest BCUT2D eigenvalue weighted by molar-refractivity contribution is -0.137. The van der Waals surface area contributed by atoms with Crippen molar-refractivity contribution in [2.45, 2.75) is 74.8 Å². The Hall–Kier alpha value is -2.63. The first-order valence-electron chi connectivity index (χ1n) is 13.7. The second kappa shape index (κ2) is 12.3. The number of benzene rings is 2. The predicted octanol–water partition coefficient (Wildman–Crippen LogP) is 5.04. The molecule has 4 atom stereocenters. The number of sulfone groups is 1. The molecule has 41 heavy (non-hydrogen) atoms. The molecule has 0 aromatic heterocycles. The largest absolute Gasteiger partial charge is 0.416 e. The van der Waals surface area contributed by atoms with Crippen LogP contribution in [0.3, 0.4) is 0 Å². The Morgan fingerprint density at radius 1 is 1.12 bits per heavy atom. The van der Waals surface area contributed by atoms with Crippen molar-refractivity contribution in [3.05, 3.63) is 64.7 Å². The molecule has 1 saturated heterocycles. The van der Waals surface area contributed by atoms with Crippen molar-refractivity contribution < 1.29 is 31.2 Å². The Morgan fingerprint density at radius 2 is 1.80 bits per heavy atom. The van der Waals surface area contributed by atoms with Gasteiger partial charge >= 0.3 is 6.18 Å². The zero-order chi connectivity index (χ0) is 30.1. The maximum absolute atomic E-state index is 13.5. The van der Waals surface area contributed by atoms with Crippen LogP contribution in [0.1, 0.15) is 55.5 Å². The number of rotatable bonds is 8. The molecule has 7 nitrogen and oxygen atoms in total. The summed E-state index contributed by atoms with van der Waals surface area (Å²) in [6, 6.07) is 9.24. The van der Waals surface area contributed by atoms with Crippen LogP contribution in [0, 0.1) is 5.92 Å². The molecule has 0 radical (unpaired) electrons. The summed E-state index contributed by atoms with van der Waals surface area (Å²) in [5.41, 5.74) is -1.13. The summed E-state index contributed by atoms with van der Waals surface area (Å²) in [5.74, 6) is -1.61. The lowest BCUT2D eigenvalue weighted by atomic mass is 9.81. The molecule has 12 heteroatoms. The highest BCUT2D eigenvalue weighted by molar-refractivity contribution is 7.91. The topological polar surface area (TPSA) is 86.8 Å². The lowest BCUT2D eigenvalue weighted by Gasteiger charge is -2.44. The highest BCUT2D eigenvalue weighted by Crippen LogP contribution is 2.36. The van der Waals surface area contributed by atoms with Gasteiger partial charge in [-0.05, 0) is 95.0 Å². The first-order chi connectivity index (χ1) is 19.2. The van der Waals surface area contributed by atoms with Gasteiger partial charge in [-0.15, -0.1) is 0 Å². The van der Waals surface area contributed by atoms with E-state index in [9.17, 15) is 31.2 Å². The summed E-state index contributed by atoms with van der Waals surface area (Å²) in [5, 5.41) is 3.02. The summed E-state index contributed by atoms with van der Waals surface area (Å²) in [4.78, 5) is 30.3. The van der Waals surface area contributed by atoms with Gasteiger partial charge in [0.1, 0.15) is 6.04 Å². The molecule has 0 spiro atoms. The first-order valence-corrected chi connectivity index (χ1v) is 15.7. The van der Waals surface area contributed by atoms with Gasteiger partial charge in [-0.25, -0.2) is 8.42 Å². The zero-order valence-electron chi connectivity index (χ0n) is 23.2. The zero-order valence-corrected chi connectivity index (χ0v) is 24.8. The van der Waals surface area contributed by atoms with Crippen molar-refractivity contribution in [3.63, 3.8) is 0 Å². The van der Waals surface area contributed by atoms with Crippen molar-refractivity contribution in [2.24, 2.45) is 5.92 Å². The van der Waals surface area contributed by atoms with Crippen molar-refractivity contribution in [1.29, 1.82) is 0 Å². The van der Waals surface area contributed by atoms with Crippen molar-refractivity contribution in [3.8, 4) is 0 Å². The minimum atomic E-state index is -4.60. The summed E-state index contributed by atoms with van der Waals surface area (Å²) in [6.07, 6.45) is -2.35. The molecule has 2 aliphatic rings. The molecule has 2 fully saturated rings. The number of carbonyl (C=O) groups is 2. The van der Waals surface area contributed by atoms with E-state index >= 15 is 0 Å². The van der Waals surface area contributed by atoms with E-state index in [1.807, 2.05) is 7.05 Å². The number of amides is 2. The van der Waals surface area contributed by atoms with Crippen LogP contribution in [0.4, 0.5) is 13.2 Å². The molecule has 2 aromatic carbocycles. The number of hydrogen-bond donors (Lipinski definition) is 1. The van der Waals surface area contributed by atoms with E-state index in [2.05, 4.69) is 24.1 Å². The standard InChI is InChI=1S/C29H35ClF3N3O4S/c1-18(2)35(3)23-9-12-26(20(16-23)17-41(39,40)24-10-7-22(30)8-11-24)36-14-13-25(28(36)38)34-27(37)19-5-4-6-21(15-19)29(31,32)33/h4-8,10-11,15,18,20,23,25-26H,9,12-14,16-17H2,1-3H3,(H,34,37)/t20-,23+,25-,26-/m0/s1. The predicted molar refractivity (Wildman–Crippen MR) is 150 cm³/mol. The van der Waals surface area contributed by atoms with E-state index in [1.54, 1.807) is 4.90 Å². The van der Waals surface area contributed by atoms with E-state index in [-0.39, 0.29) is 52.6 Å². The van der Waals surface area contributed by atoms with Crippen molar-refractivity contribution >= 4 is 33.3 Å². The Kier molecular flexibility index (Phi) is 9.40. The number of hydrogen-bond acceptors (Lipinski definition) is 5. The van der Waals surface area contributed by atoms with E-state index in [4.69, 9.17) is 11.6 Å². The second-order valence-electron chi connectivity index (χ2n) is 11.2. The van der Waals surface area contributed by atoms with Gasteiger partial charge in [-0.1, -0.05) is 17.7 Å². The van der Waals surface area contributed by atoms with Crippen molar-refractivity contribution in [2.75, 3.05) is 19.3 Å². The molecular formula is C29H35ClF3N3O4S. The van der Waals surface area contributed by atoms with Crippen LogP contribution in [-0.4, -0.2) is 73.5 Å². The quantitative estimate of drug-likeness (QED) is 0.451. The molecule has 1 aliphatic carbocycles. The van der Waals surface area contributed by atoms with E-state index in [1.165, 1.54) is 30.3 Å². The molecule has 224 valence electrons. The fourth-order valence-electron chi connectivity index (χ4n) is 5.87. The minimum absolute atomic E-state index is 0.144.